The number of benzene rings is 1. The van der Waals surface area contributed by atoms with Gasteiger partial charge in [-0.05, 0) is 24.3 Å². The van der Waals surface area contributed by atoms with Crippen LogP contribution in [0.1, 0.15) is 5.56 Å². The maximum absolute atomic E-state index is 10.8. The van der Waals surface area contributed by atoms with E-state index in [9.17, 15) is 14.9 Å². The van der Waals surface area contributed by atoms with E-state index in [0.29, 0.717) is 5.75 Å². The lowest BCUT2D eigenvalue weighted by Crippen LogP contribution is -2.12. The van der Waals surface area contributed by atoms with E-state index in [1.54, 1.807) is 24.3 Å². The molecule has 0 aliphatic carbocycles. The number of nitro groups is 1. The van der Waals surface area contributed by atoms with Gasteiger partial charge in [-0.3, -0.25) is 10.1 Å². The molecule has 96 valence electrons. The van der Waals surface area contributed by atoms with E-state index in [1.807, 2.05) is 0 Å². The fourth-order valence-corrected chi connectivity index (χ4v) is 1.20. The van der Waals surface area contributed by atoms with E-state index in [4.69, 9.17) is 4.74 Å². The summed E-state index contributed by atoms with van der Waals surface area (Å²) in [6.07, 6.45) is 0.171. The van der Waals surface area contributed by atoms with Crippen LogP contribution in [0, 0.1) is 10.1 Å². The highest BCUT2D eigenvalue weighted by Crippen LogP contribution is 2.14. The number of methoxy groups -OCH3 is 1. The second-order valence-corrected chi connectivity index (χ2v) is 3.51. The van der Waals surface area contributed by atoms with Crippen molar-refractivity contribution in [2.24, 2.45) is 0 Å². The number of carbonyl (C=O) groups is 1. The summed E-state index contributed by atoms with van der Waals surface area (Å²) in [5.74, 6) is 0.0247. The Morgan fingerprint density at radius 1 is 1.39 bits per heavy atom. The molecule has 0 heterocycles. The minimum atomic E-state index is -0.512. The van der Waals surface area contributed by atoms with Gasteiger partial charge < -0.3 is 9.47 Å². The summed E-state index contributed by atoms with van der Waals surface area (Å²) < 4.78 is 9.56. The molecule has 1 rings (SSSR count). The number of rotatable bonds is 6. The number of hydrogen-bond donors (Lipinski definition) is 0. The van der Waals surface area contributed by atoms with Gasteiger partial charge in [0.2, 0.25) is 5.70 Å². The predicted octanol–water partition coefficient (Wildman–Crippen LogP) is 1.57. The number of nitrogens with zero attached hydrogens (tertiary/aromatic N) is 1. The van der Waals surface area contributed by atoms with Crippen molar-refractivity contribution in [3.63, 3.8) is 0 Å². The van der Waals surface area contributed by atoms with Crippen molar-refractivity contribution < 1.29 is 19.2 Å². The molecule has 6 heteroatoms. The van der Waals surface area contributed by atoms with Crippen molar-refractivity contribution in [3.8, 4) is 5.75 Å². The number of hydrogen-bond acceptors (Lipinski definition) is 5. The number of esters is 1. The first kappa shape index (κ1) is 13.7. The van der Waals surface area contributed by atoms with Gasteiger partial charge in [0.05, 0.1) is 18.5 Å². The van der Waals surface area contributed by atoms with E-state index >= 15 is 0 Å². The van der Waals surface area contributed by atoms with Gasteiger partial charge in [-0.15, -0.1) is 0 Å². The minimum Gasteiger partial charge on any atom is -0.482 e. The molecule has 0 aliphatic heterocycles. The third-order valence-electron chi connectivity index (χ3n) is 2.17. The van der Waals surface area contributed by atoms with Crippen molar-refractivity contribution in [2.75, 3.05) is 13.7 Å². The highest BCUT2D eigenvalue weighted by atomic mass is 16.6. The molecular formula is C12H13NO5. The average Bonchev–Trinajstić information content (AvgIpc) is 2.37. The average molecular weight is 251 g/mol. The Morgan fingerprint density at radius 2 is 2.00 bits per heavy atom. The van der Waals surface area contributed by atoms with Gasteiger partial charge in [-0.2, -0.15) is 0 Å². The first-order valence-corrected chi connectivity index (χ1v) is 5.13. The Kier molecular flexibility index (Phi) is 4.86. The van der Waals surface area contributed by atoms with Crippen LogP contribution < -0.4 is 4.74 Å². The lowest BCUT2D eigenvalue weighted by atomic mass is 10.1. The molecule has 0 unspecified atom stereocenters. The fraction of sp³-hybridized carbons (Fsp3) is 0.250. The number of carbonyl (C=O) groups excluding carboxylic acids is 1. The number of ether oxygens (including phenoxy) is 2. The largest absolute Gasteiger partial charge is 0.482 e. The van der Waals surface area contributed by atoms with Gasteiger partial charge in [-0.1, -0.05) is 12.1 Å². The second kappa shape index (κ2) is 6.39. The third kappa shape index (κ3) is 4.25. The zero-order chi connectivity index (χ0) is 13.5. The molecule has 0 N–H and O–H groups in total. The monoisotopic (exact) mass is 251 g/mol. The quantitative estimate of drug-likeness (QED) is 0.435. The molecule has 0 spiro atoms. The standard InChI is InChI=1S/C12H13NO5/c1-9(13(15)16)7-10-3-5-11(6-4-10)18-8-12(14)17-2/h3-6H,1,7-8H2,2H3. The van der Waals surface area contributed by atoms with Gasteiger partial charge in [0.25, 0.3) is 0 Å². The summed E-state index contributed by atoms with van der Waals surface area (Å²) in [5.41, 5.74) is 0.681. The number of allylic oxidation sites excluding steroid dienone is 1. The summed E-state index contributed by atoms with van der Waals surface area (Å²) in [4.78, 5) is 20.7. The summed E-state index contributed by atoms with van der Waals surface area (Å²) in [5, 5.41) is 10.4. The molecule has 0 aliphatic rings. The van der Waals surface area contributed by atoms with Crippen LogP contribution in [-0.4, -0.2) is 24.6 Å². The van der Waals surface area contributed by atoms with E-state index in [1.165, 1.54) is 7.11 Å². The van der Waals surface area contributed by atoms with E-state index in [2.05, 4.69) is 11.3 Å². The topological polar surface area (TPSA) is 78.7 Å². The highest BCUT2D eigenvalue weighted by molar-refractivity contribution is 5.70. The molecule has 0 aromatic heterocycles. The molecule has 1 aromatic carbocycles. The highest BCUT2D eigenvalue weighted by Gasteiger charge is 2.08. The van der Waals surface area contributed by atoms with Crippen LogP contribution in [0.5, 0.6) is 5.75 Å². The van der Waals surface area contributed by atoms with Crippen LogP contribution >= 0.6 is 0 Å². The van der Waals surface area contributed by atoms with Crippen molar-refractivity contribution >= 4 is 5.97 Å². The molecule has 0 bridgehead atoms. The Bertz CT molecular complexity index is 452. The van der Waals surface area contributed by atoms with E-state index < -0.39 is 10.9 Å². The summed E-state index contributed by atoms with van der Waals surface area (Å²) in [6.45, 7) is 3.18. The molecule has 0 saturated carbocycles. The molecule has 0 saturated heterocycles. The van der Waals surface area contributed by atoms with Gasteiger partial charge in [0.1, 0.15) is 5.75 Å². The zero-order valence-electron chi connectivity index (χ0n) is 9.92. The summed E-state index contributed by atoms with van der Waals surface area (Å²) in [7, 11) is 1.28. The molecule has 6 nitrogen and oxygen atoms in total. The fourth-order valence-electron chi connectivity index (χ4n) is 1.20. The van der Waals surface area contributed by atoms with E-state index in [-0.39, 0.29) is 18.7 Å². The normalized spacial score (nSPS) is 9.61. The third-order valence-corrected chi connectivity index (χ3v) is 2.17. The van der Waals surface area contributed by atoms with Crippen LogP contribution in [0.2, 0.25) is 0 Å². The molecule has 0 radical (unpaired) electrons. The smallest absolute Gasteiger partial charge is 0.343 e. The van der Waals surface area contributed by atoms with Crippen LogP contribution in [-0.2, 0) is 16.0 Å². The van der Waals surface area contributed by atoms with Crippen LogP contribution in [0.25, 0.3) is 0 Å². The molecule has 0 atom stereocenters. The molecule has 0 fully saturated rings. The molecule has 1 aromatic rings. The maximum atomic E-state index is 10.8. The van der Waals surface area contributed by atoms with Crippen LogP contribution in [0.4, 0.5) is 0 Å². The minimum absolute atomic E-state index is 0.0711. The lowest BCUT2D eigenvalue weighted by molar-refractivity contribution is -0.426. The predicted molar refractivity (Wildman–Crippen MR) is 63.8 cm³/mol. The second-order valence-electron chi connectivity index (χ2n) is 3.51. The van der Waals surface area contributed by atoms with Crippen molar-refractivity contribution in [1.82, 2.24) is 0 Å². The Labute approximate surface area is 104 Å². The van der Waals surface area contributed by atoms with Gasteiger partial charge in [0.15, 0.2) is 6.61 Å². The Hall–Kier alpha value is -2.37. The molecular weight excluding hydrogens is 238 g/mol. The SMILES string of the molecule is C=C(Cc1ccc(OCC(=O)OC)cc1)[N+](=O)[O-]. The van der Waals surface area contributed by atoms with Crippen molar-refractivity contribution in [2.45, 2.75) is 6.42 Å². The first-order chi connectivity index (χ1) is 8.52. The summed E-state index contributed by atoms with van der Waals surface area (Å²) >= 11 is 0. The van der Waals surface area contributed by atoms with Crippen LogP contribution in [0.3, 0.4) is 0 Å². The van der Waals surface area contributed by atoms with Crippen LogP contribution in [0.15, 0.2) is 36.5 Å². The molecule has 18 heavy (non-hydrogen) atoms. The van der Waals surface area contributed by atoms with E-state index in [0.717, 1.165) is 5.56 Å². The van der Waals surface area contributed by atoms with Gasteiger partial charge >= 0.3 is 5.97 Å². The zero-order valence-corrected chi connectivity index (χ0v) is 9.92. The lowest BCUT2D eigenvalue weighted by Gasteiger charge is -2.05. The van der Waals surface area contributed by atoms with Crippen molar-refractivity contribution in [1.29, 1.82) is 0 Å². The van der Waals surface area contributed by atoms with Gasteiger partial charge in [-0.25, -0.2) is 4.79 Å². The van der Waals surface area contributed by atoms with Crippen molar-refractivity contribution in [3.05, 3.63) is 52.2 Å². The molecule has 0 amide bonds. The maximum Gasteiger partial charge on any atom is 0.343 e. The Balaban J connectivity index is 2.55. The first-order valence-electron chi connectivity index (χ1n) is 5.13. The van der Waals surface area contributed by atoms with Gasteiger partial charge in [0, 0.05) is 0 Å². The Morgan fingerprint density at radius 3 is 2.50 bits per heavy atom. The summed E-state index contributed by atoms with van der Waals surface area (Å²) in [6, 6.07) is 6.62.